The fourth-order valence-corrected chi connectivity index (χ4v) is 1.99. The highest BCUT2D eigenvalue weighted by Crippen LogP contribution is 2.35. The van der Waals surface area contributed by atoms with Crippen LogP contribution in [0.15, 0.2) is 17.1 Å². The van der Waals surface area contributed by atoms with E-state index in [-0.39, 0.29) is 27.2 Å². The van der Waals surface area contributed by atoms with Gasteiger partial charge in [-0.05, 0) is 12.1 Å². The monoisotopic (exact) mass is 301 g/mol. The molecule has 2 amide bonds. The van der Waals surface area contributed by atoms with Crippen molar-refractivity contribution in [1.29, 1.82) is 0 Å². The van der Waals surface area contributed by atoms with E-state index in [1.54, 1.807) is 0 Å². The molecule has 1 heterocycles. The first kappa shape index (κ1) is 13.6. The van der Waals surface area contributed by atoms with E-state index in [9.17, 15) is 14.7 Å². The summed E-state index contributed by atoms with van der Waals surface area (Å²) in [6, 6.07) is 2.63. The topological polar surface area (TPSA) is 73.2 Å². The average molecular weight is 302 g/mol. The maximum absolute atomic E-state index is 11.8. The number of hydrogen-bond donors (Lipinski definition) is 1. The molecular formula is C11H9Cl2N3O3. The zero-order valence-corrected chi connectivity index (χ0v) is 11.5. The second-order valence-corrected chi connectivity index (χ2v) is 4.69. The van der Waals surface area contributed by atoms with Gasteiger partial charge in [0.1, 0.15) is 0 Å². The highest BCUT2D eigenvalue weighted by Gasteiger charge is 2.38. The predicted octanol–water partition coefficient (Wildman–Crippen LogP) is 1.62. The maximum atomic E-state index is 11.8. The Balaban J connectivity index is 2.48. The molecule has 1 aromatic rings. The highest BCUT2D eigenvalue weighted by atomic mass is 35.5. The summed E-state index contributed by atoms with van der Waals surface area (Å²) in [6.07, 6.45) is 0. The number of hydrazine groups is 1. The quantitative estimate of drug-likeness (QED) is 0.856. The summed E-state index contributed by atoms with van der Waals surface area (Å²) in [5.41, 5.74) is -0.0176. The molecule has 1 N–H and O–H groups in total. The van der Waals surface area contributed by atoms with Gasteiger partial charge in [-0.3, -0.25) is 9.59 Å². The second-order valence-electron chi connectivity index (χ2n) is 3.88. The van der Waals surface area contributed by atoms with Crippen LogP contribution in [0.1, 0.15) is 0 Å². The molecule has 1 aliphatic heterocycles. The van der Waals surface area contributed by atoms with E-state index in [0.29, 0.717) is 0 Å². The summed E-state index contributed by atoms with van der Waals surface area (Å²) in [7, 11) is 2.92. The number of carbonyl (C=O) groups is 2. The zero-order chi connectivity index (χ0) is 14.3. The van der Waals surface area contributed by atoms with Crippen LogP contribution in [0.5, 0.6) is 5.75 Å². The van der Waals surface area contributed by atoms with Gasteiger partial charge in [0.2, 0.25) is 0 Å². The number of phenolic OH excluding ortho intramolecular Hbond substituents is 1. The first-order chi connectivity index (χ1) is 8.82. The lowest BCUT2D eigenvalue weighted by atomic mass is 10.3. The van der Waals surface area contributed by atoms with Crippen LogP contribution in [-0.4, -0.2) is 46.7 Å². The Kier molecular flexibility index (Phi) is 3.38. The van der Waals surface area contributed by atoms with E-state index in [0.717, 1.165) is 10.0 Å². The number of carbonyl (C=O) groups excluding carboxylic acids is 2. The van der Waals surface area contributed by atoms with Gasteiger partial charge in [-0.15, -0.1) is 0 Å². The molecule has 0 aliphatic carbocycles. The van der Waals surface area contributed by atoms with E-state index in [1.807, 2.05) is 0 Å². The van der Waals surface area contributed by atoms with Crippen LogP contribution < -0.4 is 0 Å². The number of benzene rings is 1. The Bertz CT molecular complexity index is 570. The third-order valence-corrected chi connectivity index (χ3v) is 3.26. The molecule has 19 heavy (non-hydrogen) atoms. The zero-order valence-electron chi connectivity index (χ0n) is 10.0. The minimum atomic E-state index is -0.521. The van der Waals surface area contributed by atoms with Crippen molar-refractivity contribution in [2.45, 2.75) is 0 Å². The standard InChI is InChI=1S/C11H9Cl2N3O3/c1-15-10(18)8(11(19)16(15)2)14-5-3-6(12)9(17)7(13)4-5/h3-4,17H,1-2H3. The van der Waals surface area contributed by atoms with Crippen LogP contribution in [0.2, 0.25) is 10.0 Å². The molecule has 0 radical (unpaired) electrons. The number of hydrogen-bond acceptors (Lipinski definition) is 4. The Labute approximate surface area is 118 Å². The second kappa shape index (κ2) is 4.71. The van der Waals surface area contributed by atoms with Crippen LogP contribution in [0.4, 0.5) is 5.69 Å². The maximum Gasteiger partial charge on any atom is 0.296 e. The van der Waals surface area contributed by atoms with Crippen molar-refractivity contribution in [3.05, 3.63) is 22.2 Å². The normalized spacial score (nSPS) is 15.5. The third kappa shape index (κ3) is 2.24. The van der Waals surface area contributed by atoms with Gasteiger partial charge in [-0.25, -0.2) is 15.0 Å². The van der Waals surface area contributed by atoms with Gasteiger partial charge in [0.25, 0.3) is 11.8 Å². The van der Waals surface area contributed by atoms with Crippen LogP contribution in [0.25, 0.3) is 0 Å². The van der Waals surface area contributed by atoms with Gasteiger partial charge in [0.15, 0.2) is 11.5 Å². The summed E-state index contributed by atoms with van der Waals surface area (Å²) < 4.78 is 0. The lowest BCUT2D eigenvalue weighted by molar-refractivity contribution is -0.141. The van der Waals surface area contributed by atoms with Gasteiger partial charge in [0, 0.05) is 14.1 Å². The Morgan fingerprint density at radius 3 is 1.89 bits per heavy atom. The molecule has 0 aromatic heterocycles. The molecular weight excluding hydrogens is 293 g/mol. The lowest BCUT2D eigenvalue weighted by Crippen LogP contribution is -2.33. The minimum absolute atomic E-state index is 0.00791. The van der Waals surface area contributed by atoms with Gasteiger partial charge in [0.05, 0.1) is 15.7 Å². The van der Waals surface area contributed by atoms with Crippen molar-refractivity contribution in [2.75, 3.05) is 14.1 Å². The van der Waals surface area contributed by atoms with Crippen molar-refractivity contribution in [1.82, 2.24) is 10.0 Å². The number of phenols is 1. The molecule has 0 unspecified atom stereocenters. The Hall–Kier alpha value is -1.79. The number of nitrogens with zero attached hydrogens (tertiary/aromatic N) is 3. The molecule has 0 saturated carbocycles. The van der Waals surface area contributed by atoms with Gasteiger partial charge in [-0.2, -0.15) is 0 Å². The van der Waals surface area contributed by atoms with Crippen LogP contribution in [0, 0.1) is 0 Å². The number of halogens is 2. The molecule has 100 valence electrons. The van der Waals surface area contributed by atoms with E-state index < -0.39 is 11.8 Å². The molecule has 0 spiro atoms. The van der Waals surface area contributed by atoms with Crippen molar-refractivity contribution >= 4 is 46.4 Å². The highest BCUT2D eigenvalue weighted by molar-refractivity contribution is 6.67. The molecule has 0 atom stereocenters. The number of aliphatic imine (C=N–C) groups is 1. The van der Waals surface area contributed by atoms with Crippen molar-refractivity contribution < 1.29 is 14.7 Å². The van der Waals surface area contributed by atoms with Gasteiger partial charge in [-0.1, -0.05) is 23.2 Å². The summed E-state index contributed by atoms with van der Waals surface area (Å²) in [5.74, 6) is -1.31. The number of aromatic hydroxyl groups is 1. The molecule has 2 rings (SSSR count). The SMILES string of the molecule is CN1C(=O)C(=Nc2cc(Cl)c(O)c(Cl)c2)C(=O)N1C. The molecule has 1 aromatic carbocycles. The van der Waals surface area contributed by atoms with Crippen LogP contribution in [0.3, 0.4) is 0 Å². The lowest BCUT2D eigenvalue weighted by Gasteiger charge is -2.16. The fourth-order valence-electron chi connectivity index (χ4n) is 1.51. The summed E-state index contributed by atoms with van der Waals surface area (Å²) in [4.78, 5) is 27.5. The van der Waals surface area contributed by atoms with E-state index >= 15 is 0 Å². The Morgan fingerprint density at radius 1 is 1.05 bits per heavy atom. The van der Waals surface area contributed by atoms with Crippen molar-refractivity contribution in [3.63, 3.8) is 0 Å². The average Bonchev–Trinajstić information content (AvgIpc) is 2.54. The number of amides is 2. The molecule has 1 fully saturated rings. The first-order valence-corrected chi connectivity index (χ1v) is 5.91. The van der Waals surface area contributed by atoms with E-state index in [1.165, 1.54) is 26.2 Å². The summed E-state index contributed by atoms with van der Waals surface area (Å²) in [5, 5.41) is 11.7. The number of rotatable bonds is 1. The van der Waals surface area contributed by atoms with Crippen LogP contribution in [-0.2, 0) is 9.59 Å². The third-order valence-electron chi connectivity index (χ3n) is 2.69. The Morgan fingerprint density at radius 2 is 1.47 bits per heavy atom. The van der Waals surface area contributed by atoms with Gasteiger partial charge >= 0.3 is 0 Å². The first-order valence-electron chi connectivity index (χ1n) is 5.15. The predicted molar refractivity (Wildman–Crippen MR) is 70.8 cm³/mol. The van der Waals surface area contributed by atoms with Crippen LogP contribution >= 0.6 is 23.2 Å². The summed E-state index contributed by atoms with van der Waals surface area (Å²) >= 11 is 11.5. The van der Waals surface area contributed by atoms with Crippen molar-refractivity contribution in [2.24, 2.45) is 4.99 Å². The largest absolute Gasteiger partial charge is 0.505 e. The fraction of sp³-hybridized carbons (Fsp3) is 0.182. The smallest absolute Gasteiger partial charge is 0.296 e. The minimum Gasteiger partial charge on any atom is -0.505 e. The van der Waals surface area contributed by atoms with E-state index in [4.69, 9.17) is 23.2 Å². The molecule has 1 saturated heterocycles. The van der Waals surface area contributed by atoms with Crippen molar-refractivity contribution in [3.8, 4) is 5.75 Å². The summed E-state index contributed by atoms with van der Waals surface area (Å²) in [6.45, 7) is 0. The molecule has 6 nitrogen and oxygen atoms in total. The molecule has 0 bridgehead atoms. The molecule has 8 heteroatoms. The van der Waals surface area contributed by atoms with E-state index in [2.05, 4.69) is 4.99 Å². The van der Waals surface area contributed by atoms with Gasteiger partial charge < -0.3 is 5.11 Å². The molecule has 1 aliphatic rings.